The molecule has 1 aromatic carbocycles. The van der Waals surface area contributed by atoms with Crippen LogP contribution in [0.1, 0.15) is 36.5 Å². The molecule has 6 nitrogen and oxygen atoms in total. The maximum atomic E-state index is 12.4. The van der Waals surface area contributed by atoms with Crippen molar-refractivity contribution < 1.29 is 9.53 Å². The minimum Gasteiger partial charge on any atom is -0.480 e. The molecule has 4 rings (SSSR count). The second-order valence-electron chi connectivity index (χ2n) is 6.13. The first-order valence-electron chi connectivity index (χ1n) is 8.24. The van der Waals surface area contributed by atoms with Gasteiger partial charge >= 0.3 is 0 Å². The van der Waals surface area contributed by atoms with Crippen LogP contribution in [0.5, 0.6) is 5.75 Å². The van der Waals surface area contributed by atoms with Crippen LogP contribution in [0.4, 0.5) is 0 Å². The number of fused-ring (bicyclic) bond motifs is 2. The van der Waals surface area contributed by atoms with Crippen LogP contribution in [-0.4, -0.2) is 26.8 Å². The summed E-state index contributed by atoms with van der Waals surface area (Å²) in [4.78, 5) is 12.4. The van der Waals surface area contributed by atoms with Gasteiger partial charge in [0.2, 0.25) is 0 Å². The second-order valence-corrected chi connectivity index (χ2v) is 6.13. The lowest BCUT2D eigenvalue weighted by molar-refractivity contribution is -0.127. The van der Waals surface area contributed by atoms with Crippen molar-refractivity contribution in [1.82, 2.24) is 20.1 Å². The summed E-state index contributed by atoms with van der Waals surface area (Å²) in [6.07, 6.45) is 4.69. The van der Waals surface area contributed by atoms with Gasteiger partial charge in [-0.1, -0.05) is 24.6 Å². The van der Waals surface area contributed by atoms with Crippen molar-refractivity contribution in [2.75, 3.05) is 0 Å². The molecule has 6 heteroatoms. The summed E-state index contributed by atoms with van der Waals surface area (Å²) >= 11 is 0. The van der Waals surface area contributed by atoms with Crippen LogP contribution in [0, 0.1) is 0 Å². The Kier molecular flexibility index (Phi) is 3.73. The van der Waals surface area contributed by atoms with E-state index in [4.69, 9.17) is 4.74 Å². The highest BCUT2D eigenvalue weighted by Gasteiger charge is 2.28. The predicted octanol–water partition coefficient (Wildman–Crippen LogP) is 1.62. The van der Waals surface area contributed by atoms with Crippen molar-refractivity contribution in [3.8, 4) is 5.75 Å². The number of nitrogens with zero attached hydrogens (tertiary/aromatic N) is 3. The van der Waals surface area contributed by atoms with E-state index in [2.05, 4.69) is 20.1 Å². The van der Waals surface area contributed by atoms with Gasteiger partial charge in [-0.05, 0) is 24.5 Å². The number of aryl methyl sites for hydroxylation is 1. The summed E-state index contributed by atoms with van der Waals surface area (Å²) in [5.41, 5.74) is 1.09. The van der Waals surface area contributed by atoms with Crippen molar-refractivity contribution in [2.24, 2.45) is 0 Å². The van der Waals surface area contributed by atoms with E-state index in [1.165, 1.54) is 12.8 Å². The molecule has 120 valence electrons. The summed E-state index contributed by atoms with van der Waals surface area (Å²) in [6.45, 7) is 1.35. The normalized spacial score (nSPS) is 19.4. The van der Waals surface area contributed by atoms with E-state index in [1.807, 2.05) is 24.3 Å². The smallest absolute Gasteiger partial charge is 0.261 e. The number of carbonyl (C=O) groups excluding carboxylic acids is 1. The monoisotopic (exact) mass is 312 g/mol. The van der Waals surface area contributed by atoms with E-state index in [1.54, 1.807) is 0 Å². The molecule has 2 aromatic rings. The van der Waals surface area contributed by atoms with Crippen LogP contribution in [-0.2, 0) is 30.7 Å². The number of para-hydroxylation sites is 1. The Morgan fingerprint density at radius 2 is 2.17 bits per heavy atom. The van der Waals surface area contributed by atoms with Crippen molar-refractivity contribution in [3.05, 3.63) is 41.5 Å². The fourth-order valence-electron chi connectivity index (χ4n) is 3.28. The molecular formula is C17H20N4O2. The fraction of sp³-hybridized carbons (Fsp3) is 0.471. The van der Waals surface area contributed by atoms with Gasteiger partial charge in [-0.25, -0.2) is 0 Å². The summed E-state index contributed by atoms with van der Waals surface area (Å²) in [6, 6.07) is 7.79. The molecule has 0 saturated carbocycles. The quantitative estimate of drug-likeness (QED) is 0.935. The lowest BCUT2D eigenvalue weighted by Gasteiger charge is -2.12. The summed E-state index contributed by atoms with van der Waals surface area (Å²) in [7, 11) is 0. The highest BCUT2D eigenvalue weighted by molar-refractivity contribution is 5.82. The van der Waals surface area contributed by atoms with Crippen LogP contribution >= 0.6 is 0 Å². The molecular weight excluding hydrogens is 292 g/mol. The molecule has 1 atom stereocenters. The van der Waals surface area contributed by atoms with Gasteiger partial charge in [0.25, 0.3) is 5.91 Å². The molecule has 23 heavy (non-hydrogen) atoms. The van der Waals surface area contributed by atoms with Crippen LogP contribution in [0.2, 0.25) is 0 Å². The Bertz CT molecular complexity index is 700. The number of aromatic nitrogens is 3. The third kappa shape index (κ3) is 2.81. The first-order valence-corrected chi connectivity index (χ1v) is 8.24. The van der Waals surface area contributed by atoms with Crippen molar-refractivity contribution in [1.29, 1.82) is 0 Å². The Morgan fingerprint density at radius 1 is 1.26 bits per heavy atom. The molecule has 3 heterocycles. The van der Waals surface area contributed by atoms with Crippen LogP contribution < -0.4 is 10.1 Å². The number of rotatable bonds is 3. The predicted molar refractivity (Wildman–Crippen MR) is 84.0 cm³/mol. The number of carbonyl (C=O) groups is 1. The SMILES string of the molecule is O=C(NCc1nnc2n1CCCCC2)[C@H]1Cc2ccccc2O1. The molecule has 0 bridgehead atoms. The van der Waals surface area contributed by atoms with Gasteiger partial charge in [-0.15, -0.1) is 10.2 Å². The van der Waals surface area contributed by atoms with E-state index in [-0.39, 0.29) is 5.91 Å². The number of nitrogens with one attached hydrogen (secondary N) is 1. The minimum absolute atomic E-state index is 0.0906. The first-order chi connectivity index (χ1) is 11.3. The number of amides is 1. The zero-order valence-electron chi connectivity index (χ0n) is 13.0. The number of benzene rings is 1. The third-order valence-electron chi connectivity index (χ3n) is 4.55. The summed E-state index contributed by atoms with van der Waals surface area (Å²) in [5.74, 6) is 2.60. The van der Waals surface area contributed by atoms with Crippen molar-refractivity contribution in [3.63, 3.8) is 0 Å². The zero-order valence-corrected chi connectivity index (χ0v) is 13.0. The zero-order chi connectivity index (χ0) is 15.6. The van der Waals surface area contributed by atoms with E-state index in [0.29, 0.717) is 13.0 Å². The average Bonchev–Trinajstić information content (AvgIpc) is 3.10. The number of ether oxygens (including phenoxy) is 1. The molecule has 2 aliphatic heterocycles. The van der Waals surface area contributed by atoms with Gasteiger partial charge in [0.15, 0.2) is 11.9 Å². The maximum absolute atomic E-state index is 12.4. The Morgan fingerprint density at radius 3 is 3.09 bits per heavy atom. The van der Waals surface area contributed by atoms with Gasteiger partial charge in [0, 0.05) is 19.4 Å². The Labute approximate surface area is 134 Å². The molecule has 0 saturated heterocycles. The van der Waals surface area contributed by atoms with Crippen molar-refractivity contribution in [2.45, 2.75) is 51.3 Å². The highest BCUT2D eigenvalue weighted by atomic mass is 16.5. The van der Waals surface area contributed by atoms with Gasteiger partial charge in [0.1, 0.15) is 11.6 Å². The molecule has 0 aliphatic carbocycles. The molecule has 1 aromatic heterocycles. The van der Waals surface area contributed by atoms with Crippen LogP contribution in [0.3, 0.4) is 0 Å². The number of hydrogen-bond acceptors (Lipinski definition) is 4. The minimum atomic E-state index is -0.445. The average molecular weight is 312 g/mol. The topological polar surface area (TPSA) is 69.0 Å². The second kappa shape index (κ2) is 6.02. The standard InChI is InChI=1S/C17H20N4O2/c22-17(14-10-12-6-3-4-7-13(12)23-14)18-11-16-20-19-15-8-2-1-5-9-21(15)16/h3-4,6-7,14H,1-2,5,8-11H2,(H,18,22)/t14-/m1/s1. The first kappa shape index (κ1) is 14.2. The molecule has 2 aliphatic rings. The molecule has 0 radical (unpaired) electrons. The van der Waals surface area contributed by atoms with E-state index in [9.17, 15) is 4.79 Å². The van der Waals surface area contributed by atoms with Crippen molar-refractivity contribution >= 4 is 5.91 Å². The lowest BCUT2D eigenvalue weighted by atomic mass is 10.1. The van der Waals surface area contributed by atoms with E-state index in [0.717, 1.165) is 42.3 Å². The maximum Gasteiger partial charge on any atom is 0.261 e. The molecule has 1 amide bonds. The Balaban J connectivity index is 1.39. The van der Waals surface area contributed by atoms with Crippen LogP contribution in [0.25, 0.3) is 0 Å². The third-order valence-corrected chi connectivity index (χ3v) is 4.55. The highest BCUT2D eigenvalue weighted by Crippen LogP contribution is 2.28. The molecule has 0 spiro atoms. The van der Waals surface area contributed by atoms with Crippen LogP contribution in [0.15, 0.2) is 24.3 Å². The largest absolute Gasteiger partial charge is 0.480 e. The van der Waals surface area contributed by atoms with Gasteiger partial charge in [-0.2, -0.15) is 0 Å². The summed E-state index contributed by atoms with van der Waals surface area (Å²) < 4.78 is 7.87. The van der Waals surface area contributed by atoms with Gasteiger partial charge in [0.05, 0.1) is 6.54 Å². The van der Waals surface area contributed by atoms with E-state index < -0.39 is 6.10 Å². The van der Waals surface area contributed by atoms with Gasteiger partial charge in [-0.3, -0.25) is 4.79 Å². The molecule has 1 N–H and O–H groups in total. The lowest BCUT2D eigenvalue weighted by Crippen LogP contribution is -2.37. The molecule has 0 fully saturated rings. The van der Waals surface area contributed by atoms with Gasteiger partial charge < -0.3 is 14.6 Å². The summed E-state index contributed by atoms with van der Waals surface area (Å²) in [5, 5.41) is 11.4. The molecule has 0 unspecified atom stereocenters. The number of hydrogen-bond donors (Lipinski definition) is 1. The van der Waals surface area contributed by atoms with E-state index >= 15 is 0 Å². The fourth-order valence-corrected chi connectivity index (χ4v) is 3.28. The Hall–Kier alpha value is -2.37.